The third-order valence-corrected chi connectivity index (χ3v) is 2.93. The van der Waals surface area contributed by atoms with Crippen LogP contribution in [0.25, 0.3) is 0 Å². The SMILES string of the molecule is CCn1ncnc1COc1ccc(C(C)=O)cc1C. The van der Waals surface area contributed by atoms with Gasteiger partial charge in [-0.25, -0.2) is 9.67 Å². The maximum atomic E-state index is 11.3. The van der Waals surface area contributed by atoms with Crippen LogP contribution in [0, 0.1) is 6.92 Å². The molecule has 1 heterocycles. The number of ketones is 1. The zero-order valence-corrected chi connectivity index (χ0v) is 11.4. The summed E-state index contributed by atoms with van der Waals surface area (Å²) >= 11 is 0. The van der Waals surface area contributed by atoms with Crippen molar-refractivity contribution in [3.05, 3.63) is 41.5 Å². The summed E-state index contributed by atoms with van der Waals surface area (Å²) in [7, 11) is 0. The van der Waals surface area contributed by atoms with Gasteiger partial charge in [-0.1, -0.05) is 0 Å². The van der Waals surface area contributed by atoms with E-state index in [1.54, 1.807) is 17.7 Å². The molecular weight excluding hydrogens is 242 g/mol. The van der Waals surface area contributed by atoms with Gasteiger partial charge in [-0.3, -0.25) is 4.79 Å². The Kier molecular flexibility index (Phi) is 3.94. The molecule has 0 bridgehead atoms. The monoisotopic (exact) mass is 259 g/mol. The van der Waals surface area contributed by atoms with Crippen LogP contribution in [0.15, 0.2) is 24.5 Å². The van der Waals surface area contributed by atoms with E-state index in [0.29, 0.717) is 12.2 Å². The second kappa shape index (κ2) is 5.65. The molecule has 0 amide bonds. The fourth-order valence-electron chi connectivity index (χ4n) is 1.84. The summed E-state index contributed by atoms with van der Waals surface area (Å²) in [4.78, 5) is 15.4. The van der Waals surface area contributed by atoms with Crippen LogP contribution < -0.4 is 4.74 Å². The van der Waals surface area contributed by atoms with Crippen molar-refractivity contribution in [3.63, 3.8) is 0 Å². The summed E-state index contributed by atoms with van der Waals surface area (Å²) in [6.07, 6.45) is 1.52. The Labute approximate surface area is 112 Å². The van der Waals surface area contributed by atoms with Crippen molar-refractivity contribution in [2.24, 2.45) is 0 Å². The van der Waals surface area contributed by atoms with Gasteiger partial charge in [0.25, 0.3) is 0 Å². The molecule has 0 saturated carbocycles. The van der Waals surface area contributed by atoms with E-state index in [1.165, 1.54) is 6.33 Å². The largest absolute Gasteiger partial charge is 0.485 e. The van der Waals surface area contributed by atoms with Gasteiger partial charge < -0.3 is 4.74 Å². The molecule has 100 valence electrons. The molecule has 0 aliphatic carbocycles. The van der Waals surface area contributed by atoms with Crippen LogP contribution in [0.4, 0.5) is 0 Å². The van der Waals surface area contributed by atoms with Crippen LogP contribution in [0.3, 0.4) is 0 Å². The lowest BCUT2D eigenvalue weighted by Crippen LogP contribution is -2.07. The smallest absolute Gasteiger partial charge is 0.164 e. The van der Waals surface area contributed by atoms with Crippen molar-refractivity contribution >= 4 is 5.78 Å². The Morgan fingerprint density at radius 3 is 2.84 bits per heavy atom. The first-order chi connectivity index (χ1) is 9.11. The van der Waals surface area contributed by atoms with Gasteiger partial charge in [0.15, 0.2) is 11.6 Å². The molecule has 1 aromatic carbocycles. The maximum Gasteiger partial charge on any atom is 0.164 e. The standard InChI is InChI=1S/C14H17N3O2/c1-4-17-14(15-9-16-17)8-19-13-6-5-12(11(3)18)7-10(13)2/h5-7,9H,4,8H2,1-3H3. The molecule has 5 heteroatoms. The van der Waals surface area contributed by atoms with Gasteiger partial charge in [-0.2, -0.15) is 5.10 Å². The van der Waals surface area contributed by atoms with Crippen molar-refractivity contribution in [3.8, 4) is 5.75 Å². The summed E-state index contributed by atoms with van der Waals surface area (Å²) in [5.41, 5.74) is 1.64. The normalized spacial score (nSPS) is 10.5. The van der Waals surface area contributed by atoms with Crippen LogP contribution >= 0.6 is 0 Å². The first-order valence-electron chi connectivity index (χ1n) is 6.23. The predicted octanol–water partition coefficient (Wildman–Crippen LogP) is 2.39. The van der Waals surface area contributed by atoms with E-state index in [1.807, 2.05) is 26.0 Å². The number of hydrogen-bond donors (Lipinski definition) is 0. The summed E-state index contributed by atoms with van der Waals surface area (Å²) < 4.78 is 7.51. The molecule has 0 spiro atoms. The summed E-state index contributed by atoms with van der Waals surface area (Å²) in [5.74, 6) is 1.61. The number of carbonyl (C=O) groups is 1. The number of Topliss-reactive ketones (excluding diaryl/α,β-unsaturated/α-hetero) is 1. The Morgan fingerprint density at radius 1 is 1.42 bits per heavy atom. The number of ether oxygens (including phenoxy) is 1. The average molecular weight is 259 g/mol. The summed E-state index contributed by atoms with van der Waals surface area (Å²) in [6, 6.07) is 5.43. The van der Waals surface area contributed by atoms with Gasteiger partial charge in [0.2, 0.25) is 0 Å². The van der Waals surface area contributed by atoms with E-state index in [2.05, 4.69) is 10.1 Å². The number of carbonyl (C=O) groups excluding carboxylic acids is 1. The van der Waals surface area contributed by atoms with Crippen LogP contribution in [-0.4, -0.2) is 20.5 Å². The lowest BCUT2D eigenvalue weighted by Gasteiger charge is -2.10. The second-order valence-corrected chi connectivity index (χ2v) is 4.32. The van der Waals surface area contributed by atoms with Gasteiger partial charge in [0, 0.05) is 12.1 Å². The highest BCUT2D eigenvalue weighted by atomic mass is 16.5. The van der Waals surface area contributed by atoms with Crippen LogP contribution in [0.2, 0.25) is 0 Å². The van der Waals surface area contributed by atoms with Crippen molar-refractivity contribution in [2.75, 3.05) is 0 Å². The first kappa shape index (κ1) is 13.3. The molecule has 0 radical (unpaired) electrons. The molecule has 0 saturated heterocycles. The first-order valence-corrected chi connectivity index (χ1v) is 6.23. The Balaban J connectivity index is 2.10. The molecule has 1 aromatic heterocycles. The second-order valence-electron chi connectivity index (χ2n) is 4.32. The Bertz CT molecular complexity index is 590. The minimum absolute atomic E-state index is 0.0559. The Hall–Kier alpha value is -2.17. The number of aromatic nitrogens is 3. The van der Waals surface area contributed by atoms with Crippen LogP contribution in [-0.2, 0) is 13.2 Å². The third-order valence-electron chi connectivity index (χ3n) is 2.93. The quantitative estimate of drug-likeness (QED) is 0.774. The zero-order valence-electron chi connectivity index (χ0n) is 11.4. The number of nitrogens with zero attached hydrogens (tertiary/aromatic N) is 3. The fraction of sp³-hybridized carbons (Fsp3) is 0.357. The highest BCUT2D eigenvalue weighted by molar-refractivity contribution is 5.94. The molecular formula is C14H17N3O2. The van der Waals surface area contributed by atoms with Gasteiger partial charge in [0.1, 0.15) is 18.7 Å². The third kappa shape index (κ3) is 2.99. The maximum absolute atomic E-state index is 11.3. The summed E-state index contributed by atoms with van der Waals surface area (Å²) in [6.45, 7) is 6.62. The summed E-state index contributed by atoms with van der Waals surface area (Å²) in [5, 5.41) is 4.09. The predicted molar refractivity (Wildman–Crippen MR) is 71.2 cm³/mol. The minimum atomic E-state index is 0.0559. The minimum Gasteiger partial charge on any atom is -0.485 e. The van der Waals surface area contributed by atoms with Gasteiger partial charge >= 0.3 is 0 Å². The van der Waals surface area contributed by atoms with E-state index in [0.717, 1.165) is 23.7 Å². The van der Waals surface area contributed by atoms with Crippen molar-refractivity contribution in [2.45, 2.75) is 33.9 Å². The van der Waals surface area contributed by atoms with E-state index in [-0.39, 0.29) is 5.78 Å². The zero-order chi connectivity index (χ0) is 13.8. The Morgan fingerprint density at radius 2 is 2.21 bits per heavy atom. The van der Waals surface area contributed by atoms with Crippen molar-refractivity contribution < 1.29 is 9.53 Å². The molecule has 0 fully saturated rings. The molecule has 0 N–H and O–H groups in total. The number of aryl methyl sites for hydroxylation is 2. The van der Waals surface area contributed by atoms with E-state index in [9.17, 15) is 4.79 Å². The number of hydrogen-bond acceptors (Lipinski definition) is 4. The molecule has 0 aliphatic heterocycles. The number of rotatable bonds is 5. The van der Waals surface area contributed by atoms with Crippen molar-refractivity contribution in [1.82, 2.24) is 14.8 Å². The van der Waals surface area contributed by atoms with Gasteiger partial charge in [-0.05, 0) is 44.5 Å². The molecule has 2 rings (SSSR count). The van der Waals surface area contributed by atoms with Gasteiger partial charge in [-0.15, -0.1) is 0 Å². The topological polar surface area (TPSA) is 57.0 Å². The van der Waals surface area contributed by atoms with E-state index in [4.69, 9.17) is 4.74 Å². The molecule has 0 unspecified atom stereocenters. The molecule has 2 aromatic rings. The van der Waals surface area contributed by atoms with E-state index >= 15 is 0 Å². The highest BCUT2D eigenvalue weighted by Crippen LogP contribution is 2.20. The molecule has 0 atom stereocenters. The lowest BCUT2D eigenvalue weighted by atomic mass is 10.1. The van der Waals surface area contributed by atoms with Crippen LogP contribution in [0.1, 0.15) is 35.6 Å². The number of benzene rings is 1. The molecule has 0 aliphatic rings. The van der Waals surface area contributed by atoms with Gasteiger partial charge in [0.05, 0.1) is 0 Å². The molecule has 5 nitrogen and oxygen atoms in total. The lowest BCUT2D eigenvalue weighted by molar-refractivity contribution is 0.101. The average Bonchev–Trinajstić information content (AvgIpc) is 2.84. The van der Waals surface area contributed by atoms with Crippen molar-refractivity contribution in [1.29, 1.82) is 0 Å². The van der Waals surface area contributed by atoms with E-state index < -0.39 is 0 Å². The fourth-order valence-corrected chi connectivity index (χ4v) is 1.84. The molecule has 19 heavy (non-hydrogen) atoms. The highest BCUT2D eigenvalue weighted by Gasteiger charge is 2.07. The van der Waals surface area contributed by atoms with Crippen LogP contribution in [0.5, 0.6) is 5.75 Å².